The molecule has 0 amide bonds. The van der Waals surface area contributed by atoms with Gasteiger partial charge in [0.05, 0.1) is 26.9 Å². The van der Waals surface area contributed by atoms with E-state index in [2.05, 4.69) is 4.74 Å². The number of carbonyl (C=O) groups is 2. The number of benzene rings is 1. The zero-order valence-corrected chi connectivity index (χ0v) is 10.6. The smallest absolute Gasteiger partial charge is 0.342 e. The van der Waals surface area contributed by atoms with Gasteiger partial charge in [0, 0.05) is 6.07 Å². The van der Waals surface area contributed by atoms with E-state index >= 15 is 0 Å². The zero-order valence-electron chi connectivity index (χ0n) is 10.6. The fourth-order valence-corrected chi connectivity index (χ4v) is 1.63. The van der Waals surface area contributed by atoms with E-state index in [-0.39, 0.29) is 28.4 Å². The van der Waals surface area contributed by atoms with Crippen LogP contribution in [0.15, 0.2) is 6.07 Å². The first-order valence-corrected chi connectivity index (χ1v) is 5.05. The van der Waals surface area contributed by atoms with E-state index in [9.17, 15) is 14.7 Å². The number of phenols is 1. The molecular weight excluding hydrogens is 240 g/mol. The van der Waals surface area contributed by atoms with Gasteiger partial charge in [-0.15, -0.1) is 0 Å². The number of Topliss-reactive ketones (excluding diaryl/α,β-unsaturated/α-hetero) is 1. The quantitative estimate of drug-likeness (QED) is 0.646. The highest BCUT2D eigenvalue weighted by Crippen LogP contribution is 2.39. The van der Waals surface area contributed by atoms with Crippen LogP contribution in [0.2, 0.25) is 0 Å². The first kappa shape index (κ1) is 13.8. The maximum atomic E-state index is 11.7. The molecular formula is C12H14O6. The van der Waals surface area contributed by atoms with Crippen LogP contribution < -0.4 is 9.47 Å². The number of esters is 1. The van der Waals surface area contributed by atoms with Gasteiger partial charge < -0.3 is 19.3 Å². The van der Waals surface area contributed by atoms with E-state index in [1.54, 1.807) is 0 Å². The van der Waals surface area contributed by atoms with E-state index in [4.69, 9.17) is 9.47 Å². The summed E-state index contributed by atoms with van der Waals surface area (Å²) in [5.41, 5.74) is -0.302. The lowest BCUT2D eigenvalue weighted by Crippen LogP contribution is -2.12. The SMILES string of the molecule is COC(=O)c1c(OC)c(OC)cc(O)c1C(C)=O. The first-order chi connectivity index (χ1) is 8.47. The van der Waals surface area contributed by atoms with Gasteiger partial charge in [0.1, 0.15) is 11.3 Å². The highest BCUT2D eigenvalue weighted by atomic mass is 16.5. The fourth-order valence-electron chi connectivity index (χ4n) is 1.63. The molecule has 6 nitrogen and oxygen atoms in total. The van der Waals surface area contributed by atoms with Crippen LogP contribution in [0.25, 0.3) is 0 Å². The highest BCUT2D eigenvalue weighted by Gasteiger charge is 2.27. The number of methoxy groups -OCH3 is 3. The van der Waals surface area contributed by atoms with E-state index in [1.807, 2.05) is 0 Å². The van der Waals surface area contributed by atoms with Crippen molar-refractivity contribution in [3.8, 4) is 17.2 Å². The van der Waals surface area contributed by atoms with Gasteiger partial charge in [-0.3, -0.25) is 4.79 Å². The van der Waals surface area contributed by atoms with Crippen LogP contribution >= 0.6 is 0 Å². The van der Waals surface area contributed by atoms with Crippen LogP contribution in [-0.2, 0) is 4.74 Å². The van der Waals surface area contributed by atoms with E-state index in [1.165, 1.54) is 34.3 Å². The van der Waals surface area contributed by atoms with Crippen molar-refractivity contribution in [2.45, 2.75) is 6.92 Å². The van der Waals surface area contributed by atoms with Crippen molar-refractivity contribution in [1.82, 2.24) is 0 Å². The van der Waals surface area contributed by atoms with Gasteiger partial charge in [-0.1, -0.05) is 0 Å². The second kappa shape index (κ2) is 5.39. The van der Waals surface area contributed by atoms with Gasteiger partial charge >= 0.3 is 5.97 Å². The summed E-state index contributed by atoms with van der Waals surface area (Å²) in [4.78, 5) is 23.2. The molecule has 0 aliphatic rings. The van der Waals surface area contributed by atoms with Crippen LogP contribution in [0.1, 0.15) is 27.6 Å². The lowest BCUT2D eigenvalue weighted by molar-refractivity contribution is 0.0592. The average molecular weight is 254 g/mol. The molecule has 98 valence electrons. The first-order valence-electron chi connectivity index (χ1n) is 5.05. The third-order valence-corrected chi connectivity index (χ3v) is 2.39. The predicted molar refractivity (Wildman–Crippen MR) is 62.6 cm³/mol. The molecule has 0 unspecified atom stereocenters. The van der Waals surface area contributed by atoms with Gasteiger partial charge in [-0.25, -0.2) is 4.79 Å². The summed E-state index contributed by atoms with van der Waals surface area (Å²) in [5, 5.41) is 9.77. The molecule has 1 N–H and O–H groups in total. The van der Waals surface area contributed by atoms with Crippen molar-refractivity contribution in [3.63, 3.8) is 0 Å². The summed E-state index contributed by atoms with van der Waals surface area (Å²) in [7, 11) is 3.85. The molecule has 6 heteroatoms. The summed E-state index contributed by atoms with van der Waals surface area (Å²) in [6, 6.07) is 1.21. The fraction of sp³-hybridized carbons (Fsp3) is 0.333. The second-order valence-electron chi connectivity index (χ2n) is 3.43. The molecule has 0 atom stereocenters. The Hall–Kier alpha value is -2.24. The summed E-state index contributed by atoms with van der Waals surface area (Å²) < 4.78 is 14.6. The van der Waals surface area contributed by atoms with Crippen molar-refractivity contribution in [1.29, 1.82) is 0 Å². The lowest BCUT2D eigenvalue weighted by Gasteiger charge is -2.15. The number of ether oxygens (including phenoxy) is 3. The number of phenolic OH excluding ortho intramolecular Hbond substituents is 1. The van der Waals surface area contributed by atoms with Gasteiger partial charge in [0.15, 0.2) is 17.3 Å². The Morgan fingerprint density at radius 2 is 1.72 bits per heavy atom. The minimum Gasteiger partial charge on any atom is -0.507 e. The summed E-state index contributed by atoms with van der Waals surface area (Å²) >= 11 is 0. The third-order valence-electron chi connectivity index (χ3n) is 2.39. The van der Waals surface area contributed by atoms with Crippen LogP contribution in [-0.4, -0.2) is 38.2 Å². The Kier molecular flexibility index (Phi) is 4.14. The lowest BCUT2D eigenvalue weighted by atomic mass is 10.0. The third kappa shape index (κ3) is 2.22. The van der Waals surface area contributed by atoms with Gasteiger partial charge in [-0.2, -0.15) is 0 Å². The topological polar surface area (TPSA) is 82.1 Å². The molecule has 0 heterocycles. The molecule has 1 rings (SSSR count). The summed E-state index contributed by atoms with van der Waals surface area (Å²) in [5.74, 6) is -1.44. The molecule has 18 heavy (non-hydrogen) atoms. The van der Waals surface area contributed by atoms with Crippen molar-refractivity contribution in [3.05, 3.63) is 17.2 Å². The van der Waals surface area contributed by atoms with Crippen molar-refractivity contribution in [2.24, 2.45) is 0 Å². The predicted octanol–water partition coefficient (Wildman–Crippen LogP) is 1.40. The number of hydrogen-bond acceptors (Lipinski definition) is 6. The Labute approximate surface area is 104 Å². The highest BCUT2D eigenvalue weighted by molar-refractivity contribution is 6.09. The van der Waals surface area contributed by atoms with Crippen molar-refractivity contribution >= 4 is 11.8 Å². The average Bonchev–Trinajstić information content (AvgIpc) is 2.35. The van der Waals surface area contributed by atoms with Crippen molar-refractivity contribution in [2.75, 3.05) is 21.3 Å². The monoisotopic (exact) mass is 254 g/mol. The van der Waals surface area contributed by atoms with Crippen LogP contribution in [0.5, 0.6) is 17.2 Å². The minimum atomic E-state index is -0.786. The Morgan fingerprint density at radius 1 is 1.11 bits per heavy atom. The molecule has 0 radical (unpaired) electrons. The largest absolute Gasteiger partial charge is 0.507 e. The molecule has 0 saturated carbocycles. The number of hydrogen-bond donors (Lipinski definition) is 1. The number of ketones is 1. The molecule has 0 saturated heterocycles. The standard InChI is InChI=1S/C12H14O6/c1-6(13)9-7(14)5-8(16-2)11(17-3)10(9)12(15)18-4/h5,14H,1-4H3. The molecule has 0 bridgehead atoms. The molecule has 0 spiro atoms. The molecule has 1 aromatic carbocycles. The van der Waals surface area contributed by atoms with E-state index in [0.717, 1.165) is 0 Å². The van der Waals surface area contributed by atoms with Crippen LogP contribution in [0.3, 0.4) is 0 Å². The Morgan fingerprint density at radius 3 is 2.11 bits per heavy atom. The minimum absolute atomic E-state index is 0.0485. The summed E-state index contributed by atoms with van der Waals surface area (Å²) in [6.07, 6.45) is 0. The zero-order chi connectivity index (χ0) is 13.9. The summed E-state index contributed by atoms with van der Waals surface area (Å²) in [6.45, 7) is 1.23. The number of carbonyl (C=O) groups excluding carboxylic acids is 2. The van der Waals surface area contributed by atoms with Crippen LogP contribution in [0, 0.1) is 0 Å². The van der Waals surface area contributed by atoms with Gasteiger partial charge in [0.2, 0.25) is 0 Å². The maximum Gasteiger partial charge on any atom is 0.342 e. The molecule has 0 aliphatic carbocycles. The van der Waals surface area contributed by atoms with Gasteiger partial charge in [-0.05, 0) is 6.92 Å². The molecule has 0 aliphatic heterocycles. The van der Waals surface area contributed by atoms with Crippen molar-refractivity contribution < 1.29 is 28.9 Å². The molecule has 0 aromatic heterocycles. The number of rotatable bonds is 4. The van der Waals surface area contributed by atoms with E-state index < -0.39 is 11.8 Å². The molecule has 0 fully saturated rings. The van der Waals surface area contributed by atoms with Gasteiger partial charge in [0.25, 0.3) is 0 Å². The normalized spacial score (nSPS) is 9.78. The maximum absolute atomic E-state index is 11.7. The second-order valence-corrected chi connectivity index (χ2v) is 3.43. The van der Waals surface area contributed by atoms with Crippen LogP contribution in [0.4, 0.5) is 0 Å². The number of aromatic hydroxyl groups is 1. The molecule has 1 aromatic rings. The Balaban J connectivity index is 3.71. The Bertz CT molecular complexity index is 492. The van der Waals surface area contributed by atoms with E-state index in [0.29, 0.717) is 0 Å².